The second-order valence-corrected chi connectivity index (χ2v) is 7.59. The van der Waals surface area contributed by atoms with Crippen molar-refractivity contribution in [2.45, 2.75) is 34.2 Å². The van der Waals surface area contributed by atoms with Gasteiger partial charge in [0.05, 0.1) is 18.0 Å². The number of carbonyl (C=O) groups is 1. The molecule has 3 rings (SSSR count). The summed E-state index contributed by atoms with van der Waals surface area (Å²) in [6.07, 6.45) is 2.19. The first-order valence-electron chi connectivity index (χ1n) is 7.67. The summed E-state index contributed by atoms with van der Waals surface area (Å²) in [5.74, 6) is 1.36. The van der Waals surface area contributed by atoms with Crippen LogP contribution in [-0.4, -0.2) is 16.0 Å². The third-order valence-corrected chi connectivity index (χ3v) is 5.05. The largest absolute Gasteiger partial charge is 0.348 e. The number of hydrogen-bond donors (Lipinski definition) is 1. The molecule has 0 aromatic carbocycles. The van der Waals surface area contributed by atoms with Crippen LogP contribution in [0.1, 0.15) is 33.5 Å². The highest BCUT2D eigenvalue weighted by molar-refractivity contribution is 7.08. The third-order valence-electron chi connectivity index (χ3n) is 4.36. The van der Waals surface area contributed by atoms with E-state index in [1.807, 2.05) is 16.8 Å². The first-order chi connectivity index (χ1) is 10.9. The topological polar surface area (TPSA) is 68.0 Å². The lowest BCUT2D eigenvalue weighted by molar-refractivity contribution is -0.123. The fraction of sp³-hybridized carbons (Fsp3) is 0.471. The summed E-state index contributed by atoms with van der Waals surface area (Å²) in [5.41, 5.74) is 2.17. The van der Waals surface area contributed by atoms with Crippen LogP contribution in [0, 0.1) is 17.3 Å². The normalized spacial score (nSPS) is 21.7. The maximum atomic E-state index is 12.4. The quantitative estimate of drug-likeness (QED) is 0.849. The highest BCUT2D eigenvalue weighted by Crippen LogP contribution is 2.59. The fourth-order valence-electron chi connectivity index (χ4n) is 2.95. The molecule has 2 atom stereocenters. The molecule has 0 bridgehead atoms. The second-order valence-electron chi connectivity index (χ2n) is 6.81. The van der Waals surface area contributed by atoms with Gasteiger partial charge in [0.25, 0.3) is 5.89 Å². The van der Waals surface area contributed by atoms with Crippen molar-refractivity contribution >= 4 is 17.2 Å². The minimum absolute atomic E-state index is 0.0143. The van der Waals surface area contributed by atoms with Gasteiger partial charge in [-0.25, -0.2) is 0 Å². The van der Waals surface area contributed by atoms with Crippen LogP contribution < -0.4 is 5.32 Å². The molecule has 1 amide bonds. The maximum Gasteiger partial charge on any atom is 0.258 e. The van der Waals surface area contributed by atoms with Crippen LogP contribution in [0.15, 0.2) is 33.0 Å². The van der Waals surface area contributed by atoms with E-state index in [0.717, 1.165) is 5.56 Å². The molecule has 2 heterocycles. The highest BCUT2D eigenvalue weighted by Gasteiger charge is 2.60. The van der Waals surface area contributed by atoms with Crippen molar-refractivity contribution < 1.29 is 9.32 Å². The van der Waals surface area contributed by atoms with Gasteiger partial charge in [0.1, 0.15) is 0 Å². The van der Waals surface area contributed by atoms with Gasteiger partial charge in [-0.2, -0.15) is 16.3 Å². The molecule has 2 aromatic heterocycles. The van der Waals surface area contributed by atoms with E-state index in [2.05, 4.69) is 49.2 Å². The zero-order chi connectivity index (χ0) is 16.6. The zero-order valence-electron chi connectivity index (χ0n) is 13.8. The fourth-order valence-corrected chi connectivity index (χ4v) is 3.58. The van der Waals surface area contributed by atoms with Gasteiger partial charge in [0, 0.05) is 5.38 Å². The van der Waals surface area contributed by atoms with Gasteiger partial charge >= 0.3 is 0 Å². The lowest BCUT2D eigenvalue weighted by Gasteiger charge is -2.03. The second kappa shape index (κ2) is 5.92. The Morgan fingerprint density at radius 1 is 1.48 bits per heavy atom. The van der Waals surface area contributed by atoms with Gasteiger partial charge in [0.15, 0.2) is 5.82 Å². The van der Waals surface area contributed by atoms with E-state index in [-0.39, 0.29) is 17.2 Å². The van der Waals surface area contributed by atoms with Crippen molar-refractivity contribution in [3.63, 3.8) is 0 Å². The summed E-state index contributed by atoms with van der Waals surface area (Å²) in [5, 5.41) is 10.8. The van der Waals surface area contributed by atoms with Crippen molar-refractivity contribution in [1.82, 2.24) is 15.5 Å². The zero-order valence-corrected chi connectivity index (χ0v) is 14.6. The number of rotatable bonds is 5. The Balaban J connectivity index is 1.59. The van der Waals surface area contributed by atoms with E-state index in [4.69, 9.17) is 4.52 Å². The number of allylic oxidation sites excluding steroid dienone is 2. The molecule has 5 nitrogen and oxygen atoms in total. The van der Waals surface area contributed by atoms with Crippen molar-refractivity contribution in [2.24, 2.45) is 17.3 Å². The van der Waals surface area contributed by atoms with Gasteiger partial charge in [-0.3, -0.25) is 4.79 Å². The molecular formula is C17H21N3O2S. The van der Waals surface area contributed by atoms with Crippen LogP contribution >= 0.6 is 11.3 Å². The van der Waals surface area contributed by atoms with Crippen molar-refractivity contribution in [3.05, 3.63) is 34.3 Å². The molecule has 0 spiro atoms. The van der Waals surface area contributed by atoms with E-state index in [1.54, 1.807) is 11.3 Å². The first-order valence-corrected chi connectivity index (χ1v) is 8.62. The summed E-state index contributed by atoms with van der Waals surface area (Å²) < 4.78 is 5.22. The van der Waals surface area contributed by atoms with Crippen LogP contribution in [0.2, 0.25) is 0 Å². The molecule has 0 unspecified atom stereocenters. The predicted octanol–water partition coefficient (Wildman–Crippen LogP) is 3.65. The molecule has 1 fully saturated rings. The van der Waals surface area contributed by atoms with Crippen LogP contribution in [0.4, 0.5) is 0 Å². The summed E-state index contributed by atoms with van der Waals surface area (Å²) in [6.45, 7) is 8.68. The number of carbonyl (C=O) groups excluding carboxylic acids is 1. The Bertz CT molecular complexity index is 727. The lowest BCUT2D eigenvalue weighted by atomic mass is 10.1. The van der Waals surface area contributed by atoms with Crippen molar-refractivity contribution in [2.75, 3.05) is 0 Å². The van der Waals surface area contributed by atoms with E-state index in [9.17, 15) is 4.79 Å². The monoisotopic (exact) mass is 331 g/mol. The maximum absolute atomic E-state index is 12.4. The molecule has 1 N–H and O–H groups in total. The predicted molar refractivity (Wildman–Crippen MR) is 89.6 cm³/mol. The smallest absolute Gasteiger partial charge is 0.258 e. The number of nitrogens with zero attached hydrogens (tertiary/aromatic N) is 2. The molecule has 23 heavy (non-hydrogen) atoms. The SMILES string of the molecule is CC(C)=C[C@H]1[C@@H](C(=O)NCc2noc(-c3ccsc3)n2)C1(C)C. The average Bonchev–Trinajstić information content (AvgIpc) is 2.96. The number of thiophene rings is 1. The lowest BCUT2D eigenvalue weighted by Crippen LogP contribution is -2.26. The number of amides is 1. The highest BCUT2D eigenvalue weighted by atomic mass is 32.1. The summed E-state index contributed by atoms with van der Waals surface area (Å²) in [6, 6.07) is 1.93. The van der Waals surface area contributed by atoms with Crippen LogP contribution in [0.5, 0.6) is 0 Å². The Labute approximate surface area is 139 Å². The summed E-state index contributed by atoms with van der Waals surface area (Å²) >= 11 is 1.58. The third kappa shape index (κ3) is 3.22. The molecule has 1 saturated carbocycles. The van der Waals surface area contributed by atoms with Crippen molar-refractivity contribution in [3.8, 4) is 11.5 Å². The van der Waals surface area contributed by atoms with Gasteiger partial charge in [-0.05, 0) is 36.6 Å². The molecular weight excluding hydrogens is 310 g/mol. The molecule has 122 valence electrons. The van der Waals surface area contributed by atoms with E-state index >= 15 is 0 Å². The van der Waals surface area contributed by atoms with E-state index < -0.39 is 0 Å². The molecule has 0 saturated heterocycles. The minimum Gasteiger partial charge on any atom is -0.348 e. The Morgan fingerprint density at radius 3 is 2.91 bits per heavy atom. The first kappa shape index (κ1) is 15.9. The standard InChI is InChI=1S/C17H21N3O2S/c1-10(2)7-12-14(17(12,3)4)15(21)18-8-13-19-16(22-20-13)11-5-6-23-9-11/h5-7,9,12,14H,8H2,1-4H3,(H,18,21)/t12-,14-/m0/s1. The van der Waals surface area contributed by atoms with Crippen LogP contribution in [0.25, 0.3) is 11.5 Å². The van der Waals surface area contributed by atoms with Gasteiger partial charge < -0.3 is 9.84 Å². The summed E-state index contributed by atoms with van der Waals surface area (Å²) in [7, 11) is 0. The number of aromatic nitrogens is 2. The molecule has 1 aliphatic carbocycles. The van der Waals surface area contributed by atoms with E-state index in [0.29, 0.717) is 24.2 Å². The number of hydrogen-bond acceptors (Lipinski definition) is 5. The molecule has 0 radical (unpaired) electrons. The van der Waals surface area contributed by atoms with Gasteiger partial charge in [0.2, 0.25) is 5.91 Å². The Kier molecular flexibility index (Phi) is 4.10. The average molecular weight is 331 g/mol. The van der Waals surface area contributed by atoms with Crippen LogP contribution in [-0.2, 0) is 11.3 Å². The summed E-state index contributed by atoms with van der Waals surface area (Å²) in [4.78, 5) is 16.7. The molecule has 0 aliphatic heterocycles. The molecule has 2 aromatic rings. The van der Waals surface area contributed by atoms with Gasteiger partial charge in [-0.15, -0.1) is 0 Å². The Hall–Kier alpha value is -1.95. The molecule has 1 aliphatic rings. The number of nitrogens with one attached hydrogen (secondary N) is 1. The van der Waals surface area contributed by atoms with E-state index in [1.165, 1.54) is 5.57 Å². The Morgan fingerprint density at radius 2 is 2.26 bits per heavy atom. The van der Waals surface area contributed by atoms with Crippen molar-refractivity contribution in [1.29, 1.82) is 0 Å². The van der Waals surface area contributed by atoms with Gasteiger partial charge in [-0.1, -0.05) is 30.7 Å². The minimum atomic E-state index is 0.0143. The molecule has 6 heteroatoms. The van der Waals surface area contributed by atoms with Crippen LogP contribution in [0.3, 0.4) is 0 Å².